The van der Waals surface area contributed by atoms with Gasteiger partial charge >= 0.3 is 0 Å². The number of hydrogen-bond donors (Lipinski definition) is 1. The molecule has 0 spiro atoms. The molecule has 0 heterocycles. The summed E-state index contributed by atoms with van der Waals surface area (Å²) in [6.45, 7) is 5.00. The van der Waals surface area contributed by atoms with E-state index in [1.165, 1.54) is 18.9 Å². The van der Waals surface area contributed by atoms with Gasteiger partial charge in [-0.15, -0.1) is 0 Å². The largest absolute Gasteiger partial charge is 0.388 e. The molecule has 2 rings (SSSR count). The second kappa shape index (κ2) is 6.02. The summed E-state index contributed by atoms with van der Waals surface area (Å²) >= 11 is 0. The molecule has 2 nitrogen and oxygen atoms in total. The van der Waals surface area contributed by atoms with E-state index in [0.29, 0.717) is 11.6 Å². The second-order valence-corrected chi connectivity index (χ2v) is 5.96. The Balaban J connectivity index is 1.95. The summed E-state index contributed by atoms with van der Waals surface area (Å²) in [4.78, 5) is 2.28. The molecular weight excluding hydrogens is 241 g/mol. The van der Waals surface area contributed by atoms with E-state index in [-0.39, 0.29) is 11.7 Å². The van der Waals surface area contributed by atoms with Crippen molar-refractivity contribution in [3.8, 4) is 0 Å². The quantitative estimate of drug-likeness (QED) is 0.853. The number of hydrogen-bond acceptors (Lipinski definition) is 2. The average Bonchev–Trinajstić information content (AvgIpc) is 3.21. The highest BCUT2D eigenvalue weighted by molar-refractivity contribution is 5.20. The lowest BCUT2D eigenvalue weighted by atomic mass is 9.96. The molecule has 0 bridgehead atoms. The summed E-state index contributed by atoms with van der Waals surface area (Å²) in [7, 11) is 2.09. The lowest BCUT2D eigenvalue weighted by Crippen LogP contribution is -2.36. The fourth-order valence-electron chi connectivity index (χ4n) is 2.68. The molecule has 0 aromatic heterocycles. The smallest absolute Gasteiger partial charge is 0.129 e. The second-order valence-electron chi connectivity index (χ2n) is 5.96. The van der Waals surface area contributed by atoms with Crippen molar-refractivity contribution >= 4 is 0 Å². The van der Waals surface area contributed by atoms with Gasteiger partial charge in [0.25, 0.3) is 0 Å². The van der Waals surface area contributed by atoms with E-state index in [9.17, 15) is 9.50 Å². The van der Waals surface area contributed by atoms with Gasteiger partial charge in [-0.25, -0.2) is 4.39 Å². The van der Waals surface area contributed by atoms with Crippen molar-refractivity contribution in [3.05, 3.63) is 35.6 Å². The average molecular weight is 265 g/mol. The molecule has 1 fully saturated rings. The molecule has 106 valence electrons. The lowest BCUT2D eigenvalue weighted by Gasteiger charge is -2.30. The third-order valence-electron chi connectivity index (χ3n) is 4.34. The van der Waals surface area contributed by atoms with Gasteiger partial charge in [-0.05, 0) is 44.7 Å². The molecular formula is C16H24FNO. The molecule has 0 aliphatic heterocycles. The lowest BCUT2D eigenvalue weighted by molar-refractivity contribution is 0.0799. The van der Waals surface area contributed by atoms with Gasteiger partial charge in [0.05, 0.1) is 6.10 Å². The van der Waals surface area contributed by atoms with E-state index in [4.69, 9.17) is 0 Å². The van der Waals surface area contributed by atoms with Gasteiger partial charge in [0.15, 0.2) is 0 Å². The van der Waals surface area contributed by atoms with Crippen LogP contribution in [-0.4, -0.2) is 29.6 Å². The first-order chi connectivity index (χ1) is 9.00. The Bertz CT molecular complexity index is 419. The molecule has 3 unspecified atom stereocenters. The van der Waals surface area contributed by atoms with E-state index < -0.39 is 6.10 Å². The van der Waals surface area contributed by atoms with Gasteiger partial charge in [-0.1, -0.05) is 25.1 Å². The van der Waals surface area contributed by atoms with Gasteiger partial charge in [-0.2, -0.15) is 0 Å². The summed E-state index contributed by atoms with van der Waals surface area (Å²) in [5, 5.41) is 10.3. The molecule has 19 heavy (non-hydrogen) atoms. The monoisotopic (exact) mass is 265 g/mol. The molecule has 0 amide bonds. The highest BCUT2D eigenvalue weighted by Crippen LogP contribution is 2.35. The molecule has 3 heteroatoms. The van der Waals surface area contributed by atoms with Gasteiger partial charge in [0.1, 0.15) is 5.82 Å². The third-order valence-corrected chi connectivity index (χ3v) is 4.34. The molecule has 1 aromatic rings. The van der Waals surface area contributed by atoms with Crippen molar-refractivity contribution in [1.82, 2.24) is 4.90 Å². The summed E-state index contributed by atoms with van der Waals surface area (Å²) in [6.07, 6.45) is 1.89. The highest BCUT2D eigenvalue weighted by Gasteiger charge is 2.31. The van der Waals surface area contributed by atoms with E-state index in [0.717, 1.165) is 12.5 Å². The van der Waals surface area contributed by atoms with Crippen LogP contribution in [0.1, 0.15) is 38.4 Å². The highest BCUT2D eigenvalue weighted by atomic mass is 19.1. The van der Waals surface area contributed by atoms with Crippen molar-refractivity contribution in [2.24, 2.45) is 11.8 Å². The Labute approximate surface area is 115 Å². The maximum atomic E-state index is 13.7. The van der Waals surface area contributed by atoms with Crippen LogP contribution in [0, 0.1) is 17.7 Å². The first kappa shape index (κ1) is 14.5. The molecule has 0 saturated heterocycles. The number of nitrogens with zero attached hydrogens (tertiary/aromatic N) is 1. The normalized spacial score (nSPS) is 20.3. The van der Waals surface area contributed by atoms with Gasteiger partial charge in [0, 0.05) is 18.2 Å². The van der Waals surface area contributed by atoms with Crippen LogP contribution in [0.4, 0.5) is 4.39 Å². The maximum Gasteiger partial charge on any atom is 0.129 e. The minimum Gasteiger partial charge on any atom is -0.388 e. The zero-order valence-electron chi connectivity index (χ0n) is 12.0. The fourth-order valence-corrected chi connectivity index (χ4v) is 2.68. The summed E-state index contributed by atoms with van der Waals surface area (Å²) in [5.74, 6) is 0.505. The standard InChI is InChI=1S/C16H24FNO/c1-11(10-18(3)12(2)13-8-9-13)16(19)14-6-4-5-7-15(14)17/h4-7,11-13,16,19H,8-10H2,1-3H3. The minimum atomic E-state index is -0.741. The van der Waals surface area contributed by atoms with Gasteiger partial charge in [0.2, 0.25) is 0 Å². The Morgan fingerprint density at radius 3 is 2.53 bits per heavy atom. The van der Waals surface area contributed by atoms with Crippen LogP contribution in [0.25, 0.3) is 0 Å². The van der Waals surface area contributed by atoms with E-state index in [1.54, 1.807) is 18.2 Å². The topological polar surface area (TPSA) is 23.5 Å². The molecule has 1 aromatic carbocycles. The van der Waals surface area contributed by atoms with Crippen LogP contribution in [0.15, 0.2) is 24.3 Å². The molecule has 3 atom stereocenters. The van der Waals surface area contributed by atoms with Crippen molar-refractivity contribution in [3.63, 3.8) is 0 Å². The van der Waals surface area contributed by atoms with Crippen LogP contribution in [-0.2, 0) is 0 Å². The molecule has 1 aliphatic rings. The molecule has 1 N–H and O–H groups in total. The number of rotatable bonds is 6. The third kappa shape index (κ3) is 3.54. The zero-order chi connectivity index (χ0) is 14.0. The zero-order valence-corrected chi connectivity index (χ0v) is 12.0. The molecule has 0 radical (unpaired) electrons. The summed E-state index contributed by atoms with van der Waals surface area (Å²) in [6, 6.07) is 7.04. The van der Waals surface area contributed by atoms with Crippen LogP contribution >= 0.6 is 0 Å². The first-order valence-electron chi connectivity index (χ1n) is 7.13. The van der Waals surface area contributed by atoms with E-state index in [1.807, 2.05) is 6.92 Å². The van der Waals surface area contributed by atoms with Crippen molar-refractivity contribution in [2.45, 2.75) is 38.8 Å². The van der Waals surface area contributed by atoms with Crippen molar-refractivity contribution < 1.29 is 9.50 Å². The maximum absolute atomic E-state index is 13.7. The van der Waals surface area contributed by atoms with Crippen LogP contribution in [0.5, 0.6) is 0 Å². The van der Waals surface area contributed by atoms with Crippen molar-refractivity contribution in [2.75, 3.05) is 13.6 Å². The predicted molar refractivity (Wildman–Crippen MR) is 75.3 cm³/mol. The van der Waals surface area contributed by atoms with E-state index >= 15 is 0 Å². The molecule has 1 saturated carbocycles. The van der Waals surface area contributed by atoms with Crippen LogP contribution < -0.4 is 0 Å². The predicted octanol–water partition coefficient (Wildman–Crippen LogP) is 3.23. The van der Waals surface area contributed by atoms with Crippen LogP contribution in [0.3, 0.4) is 0 Å². The fraction of sp³-hybridized carbons (Fsp3) is 0.625. The minimum absolute atomic E-state index is 0.0168. The number of halogens is 1. The van der Waals surface area contributed by atoms with Crippen molar-refractivity contribution in [1.29, 1.82) is 0 Å². The summed E-state index contributed by atoms with van der Waals surface area (Å²) < 4.78 is 13.7. The van der Waals surface area contributed by atoms with Crippen LogP contribution in [0.2, 0.25) is 0 Å². The van der Waals surface area contributed by atoms with Gasteiger partial charge in [-0.3, -0.25) is 0 Å². The van der Waals surface area contributed by atoms with E-state index in [2.05, 4.69) is 18.9 Å². The number of benzene rings is 1. The Morgan fingerprint density at radius 1 is 1.32 bits per heavy atom. The Hall–Kier alpha value is -0.930. The SMILES string of the molecule is CC(CN(C)C(C)C1CC1)C(O)c1ccccc1F. The molecule has 1 aliphatic carbocycles. The Kier molecular flexibility index (Phi) is 4.58. The van der Waals surface area contributed by atoms with Gasteiger partial charge < -0.3 is 10.0 Å². The number of aliphatic hydroxyl groups excluding tert-OH is 1. The number of aliphatic hydroxyl groups is 1. The Morgan fingerprint density at radius 2 is 1.95 bits per heavy atom. The first-order valence-corrected chi connectivity index (χ1v) is 7.13. The summed E-state index contributed by atoms with van der Waals surface area (Å²) in [5.41, 5.74) is 0.405.